The van der Waals surface area contributed by atoms with E-state index < -0.39 is 0 Å². The van der Waals surface area contributed by atoms with E-state index >= 15 is 0 Å². The largest absolute Gasteiger partial charge is 0.462 e. The molecule has 6 nitrogen and oxygen atoms in total. The van der Waals surface area contributed by atoms with Crippen molar-refractivity contribution in [3.05, 3.63) is 12.2 Å². The standard InChI is InChI=1S/C26H42O6/c1-5-6-7-8-9-19(4)30-25(28)20-10-16-23(17-11-20)32-26(29)21-12-14-22(15-13-21)31-24(27)18(2)3/h19-23H,2,5-17H2,1,3-4H3. The fourth-order valence-corrected chi connectivity index (χ4v) is 4.56. The zero-order valence-corrected chi connectivity index (χ0v) is 20.2. The quantitative estimate of drug-likeness (QED) is 0.175. The highest BCUT2D eigenvalue weighted by Gasteiger charge is 2.33. The van der Waals surface area contributed by atoms with Crippen molar-refractivity contribution in [1.29, 1.82) is 0 Å². The molecule has 0 amide bonds. The van der Waals surface area contributed by atoms with Crippen molar-refractivity contribution in [2.24, 2.45) is 11.8 Å². The summed E-state index contributed by atoms with van der Waals surface area (Å²) in [4.78, 5) is 36.7. The number of rotatable bonds is 11. The Bertz CT molecular complexity index is 626. The molecule has 2 saturated carbocycles. The van der Waals surface area contributed by atoms with E-state index in [1.165, 1.54) is 19.3 Å². The maximum Gasteiger partial charge on any atom is 0.333 e. The van der Waals surface area contributed by atoms with Crippen LogP contribution in [-0.2, 0) is 28.6 Å². The molecule has 0 aromatic heterocycles. The van der Waals surface area contributed by atoms with E-state index in [1.807, 2.05) is 6.92 Å². The van der Waals surface area contributed by atoms with Crippen LogP contribution < -0.4 is 0 Å². The number of hydrogen-bond donors (Lipinski definition) is 0. The summed E-state index contributed by atoms with van der Waals surface area (Å²) < 4.78 is 16.8. The fraction of sp³-hybridized carbons (Fsp3) is 0.808. The summed E-state index contributed by atoms with van der Waals surface area (Å²) in [5.41, 5.74) is 0.396. The second-order valence-corrected chi connectivity index (χ2v) is 9.67. The molecule has 0 aromatic carbocycles. The van der Waals surface area contributed by atoms with E-state index in [9.17, 15) is 14.4 Å². The van der Waals surface area contributed by atoms with Gasteiger partial charge in [-0.1, -0.05) is 32.8 Å². The van der Waals surface area contributed by atoms with E-state index in [0.717, 1.165) is 12.8 Å². The van der Waals surface area contributed by atoms with Crippen LogP contribution in [-0.4, -0.2) is 36.2 Å². The highest BCUT2D eigenvalue weighted by Crippen LogP contribution is 2.31. The van der Waals surface area contributed by atoms with Crippen molar-refractivity contribution >= 4 is 17.9 Å². The third-order valence-corrected chi connectivity index (χ3v) is 6.70. The van der Waals surface area contributed by atoms with E-state index in [0.29, 0.717) is 56.9 Å². The van der Waals surface area contributed by atoms with Gasteiger partial charge < -0.3 is 14.2 Å². The van der Waals surface area contributed by atoms with Crippen LogP contribution in [0, 0.1) is 11.8 Å². The van der Waals surface area contributed by atoms with Crippen LogP contribution in [0.25, 0.3) is 0 Å². The molecule has 0 aromatic rings. The van der Waals surface area contributed by atoms with Gasteiger partial charge in [-0.15, -0.1) is 0 Å². The first-order valence-corrected chi connectivity index (χ1v) is 12.6. The minimum atomic E-state index is -0.364. The molecule has 2 rings (SSSR count). The summed E-state index contributed by atoms with van der Waals surface area (Å²) >= 11 is 0. The van der Waals surface area contributed by atoms with Crippen molar-refractivity contribution in [2.45, 2.75) is 123 Å². The lowest BCUT2D eigenvalue weighted by atomic mass is 9.86. The van der Waals surface area contributed by atoms with Gasteiger partial charge in [0.15, 0.2) is 0 Å². The van der Waals surface area contributed by atoms with Gasteiger partial charge in [0.25, 0.3) is 0 Å². The van der Waals surface area contributed by atoms with Crippen LogP contribution >= 0.6 is 0 Å². The first kappa shape index (κ1) is 26.4. The zero-order chi connectivity index (χ0) is 23.5. The molecule has 0 spiro atoms. The lowest BCUT2D eigenvalue weighted by Crippen LogP contribution is -2.34. The van der Waals surface area contributed by atoms with Crippen molar-refractivity contribution < 1.29 is 28.6 Å². The predicted octanol–water partition coefficient (Wildman–Crippen LogP) is 5.67. The van der Waals surface area contributed by atoms with Gasteiger partial charge in [-0.25, -0.2) is 4.79 Å². The topological polar surface area (TPSA) is 78.9 Å². The van der Waals surface area contributed by atoms with E-state index in [1.54, 1.807) is 6.92 Å². The Hall–Kier alpha value is -1.85. The number of ether oxygens (including phenoxy) is 3. The molecular weight excluding hydrogens is 408 g/mol. The first-order valence-electron chi connectivity index (χ1n) is 12.6. The van der Waals surface area contributed by atoms with Crippen molar-refractivity contribution in [2.75, 3.05) is 0 Å². The Kier molecular flexibility index (Phi) is 11.3. The molecule has 0 heterocycles. The van der Waals surface area contributed by atoms with E-state index in [2.05, 4.69) is 13.5 Å². The second kappa shape index (κ2) is 13.6. The molecule has 1 unspecified atom stereocenters. The minimum absolute atomic E-state index is 0.0281. The zero-order valence-electron chi connectivity index (χ0n) is 20.2. The van der Waals surface area contributed by atoms with Crippen LogP contribution in [0.5, 0.6) is 0 Å². The van der Waals surface area contributed by atoms with Gasteiger partial charge in [0.1, 0.15) is 12.2 Å². The monoisotopic (exact) mass is 450 g/mol. The fourth-order valence-electron chi connectivity index (χ4n) is 4.56. The predicted molar refractivity (Wildman–Crippen MR) is 123 cm³/mol. The molecule has 2 fully saturated rings. The molecular formula is C26H42O6. The third kappa shape index (κ3) is 8.95. The van der Waals surface area contributed by atoms with Crippen molar-refractivity contribution in [1.82, 2.24) is 0 Å². The first-order chi connectivity index (χ1) is 15.3. The lowest BCUT2D eigenvalue weighted by molar-refractivity contribution is -0.161. The number of hydrogen-bond acceptors (Lipinski definition) is 6. The highest BCUT2D eigenvalue weighted by molar-refractivity contribution is 5.87. The molecule has 182 valence electrons. The molecule has 0 bridgehead atoms. The minimum Gasteiger partial charge on any atom is -0.462 e. The Balaban J connectivity index is 1.63. The Morgan fingerprint density at radius 2 is 1.34 bits per heavy atom. The number of carbonyl (C=O) groups is 3. The SMILES string of the molecule is C=C(C)C(=O)OC1CCC(C(=O)OC2CCC(C(=O)OC(C)CCCCCC)CC2)CC1. The van der Waals surface area contributed by atoms with Gasteiger partial charge in [0.05, 0.1) is 17.9 Å². The molecule has 6 heteroatoms. The number of esters is 3. The van der Waals surface area contributed by atoms with Gasteiger partial charge in [0, 0.05) is 5.57 Å². The number of unbranched alkanes of at least 4 members (excludes halogenated alkanes) is 3. The molecule has 2 aliphatic carbocycles. The average Bonchev–Trinajstić information content (AvgIpc) is 2.77. The number of carbonyl (C=O) groups excluding carboxylic acids is 3. The maximum absolute atomic E-state index is 12.6. The smallest absolute Gasteiger partial charge is 0.333 e. The van der Waals surface area contributed by atoms with Crippen LogP contribution in [0.1, 0.15) is 104 Å². The molecule has 1 atom stereocenters. The van der Waals surface area contributed by atoms with Crippen molar-refractivity contribution in [3.63, 3.8) is 0 Å². The molecule has 2 aliphatic rings. The van der Waals surface area contributed by atoms with Gasteiger partial charge in [-0.2, -0.15) is 0 Å². The normalized spacial score (nSPS) is 26.6. The molecule has 32 heavy (non-hydrogen) atoms. The van der Waals surface area contributed by atoms with E-state index in [4.69, 9.17) is 14.2 Å². The Morgan fingerprint density at radius 1 is 0.812 bits per heavy atom. The Morgan fingerprint density at radius 3 is 1.88 bits per heavy atom. The third-order valence-electron chi connectivity index (χ3n) is 6.70. The summed E-state index contributed by atoms with van der Waals surface area (Å²) in [6.45, 7) is 9.40. The molecule has 0 aliphatic heterocycles. The second-order valence-electron chi connectivity index (χ2n) is 9.67. The summed E-state index contributed by atoms with van der Waals surface area (Å²) in [5, 5.41) is 0. The van der Waals surface area contributed by atoms with Gasteiger partial charge in [-0.05, 0) is 78.1 Å². The van der Waals surface area contributed by atoms with Crippen molar-refractivity contribution in [3.8, 4) is 0 Å². The lowest BCUT2D eigenvalue weighted by Gasteiger charge is -2.31. The van der Waals surface area contributed by atoms with Crippen LogP contribution in [0.3, 0.4) is 0 Å². The highest BCUT2D eigenvalue weighted by atomic mass is 16.6. The average molecular weight is 451 g/mol. The van der Waals surface area contributed by atoms with Crippen LogP contribution in [0.2, 0.25) is 0 Å². The van der Waals surface area contributed by atoms with Gasteiger partial charge in [-0.3, -0.25) is 9.59 Å². The summed E-state index contributed by atoms with van der Waals surface area (Å²) in [5.74, 6) is -0.827. The molecule has 0 N–H and O–H groups in total. The summed E-state index contributed by atoms with van der Waals surface area (Å²) in [7, 11) is 0. The summed E-state index contributed by atoms with van der Waals surface area (Å²) in [6.07, 6.45) is 10.9. The van der Waals surface area contributed by atoms with Gasteiger partial charge in [0.2, 0.25) is 0 Å². The van der Waals surface area contributed by atoms with Gasteiger partial charge >= 0.3 is 17.9 Å². The van der Waals surface area contributed by atoms with Crippen LogP contribution in [0.4, 0.5) is 0 Å². The van der Waals surface area contributed by atoms with Crippen LogP contribution in [0.15, 0.2) is 12.2 Å². The summed E-state index contributed by atoms with van der Waals surface area (Å²) in [6, 6.07) is 0. The van der Waals surface area contributed by atoms with E-state index in [-0.39, 0.29) is 48.1 Å². The molecule has 0 radical (unpaired) electrons. The Labute approximate surface area is 193 Å². The molecule has 0 saturated heterocycles. The maximum atomic E-state index is 12.6.